The second kappa shape index (κ2) is 7.47. The van der Waals surface area contributed by atoms with Crippen LogP contribution in [0.2, 0.25) is 0 Å². The SMILES string of the molecule is Cc1cc[c-]c(-c2[c-]c(-n3c4ccccc4n4c5ccccc5nc34)ccc2)c1.[U+2]. The Morgan fingerprint density at radius 2 is 1.53 bits per heavy atom. The van der Waals surface area contributed by atoms with Crippen LogP contribution in [0.3, 0.4) is 0 Å². The third-order valence-corrected chi connectivity index (χ3v) is 5.37. The van der Waals surface area contributed by atoms with Gasteiger partial charge in [-0.1, -0.05) is 31.2 Å². The van der Waals surface area contributed by atoms with E-state index >= 15 is 0 Å². The molecule has 6 rings (SSSR count). The molecular formula is C26H17N3U. The Hall–Kier alpha value is -2.80. The molecule has 0 unspecified atom stereocenters. The Morgan fingerprint density at radius 3 is 2.37 bits per heavy atom. The van der Waals surface area contributed by atoms with Gasteiger partial charge in [-0.15, -0.1) is 17.7 Å². The molecule has 0 aliphatic rings. The van der Waals surface area contributed by atoms with E-state index in [4.69, 9.17) is 4.98 Å². The molecular weight excluding hydrogens is 592 g/mol. The number of benzene rings is 4. The zero-order valence-electron chi connectivity index (χ0n) is 16.4. The molecule has 4 heteroatoms. The number of hydrogen-bond acceptors (Lipinski definition) is 1. The summed E-state index contributed by atoms with van der Waals surface area (Å²) in [4.78, 5) is 4.94. The number of aromatic nitrogens is 3. The standard InChI is InChI=1S/C26H17N3.U/c1-18-8-6-9-19(16-18)20-10-7-11-21(17-20)28-24-14-4-5-15-25(24)29-23-13-3-2-12-22(23)27-26(28)29;/h2-8,10-16H,1H3;/q-2;+2. The number of para-hydroxylation sites is 4. The van der Waals surface area contributed by atoms with E-state index in [2.05, 4.69) is 101 Å². The van der Waals surface area contributed by atoms with Gasteiger partial charge in [-0.25, -0.2) is 16.1 Å². The summed E-state index contributed by atoms with van der Waals surface area (Å²) in [6, 6.07) is 36.0. The van der Waals surface area contributed by atoms with E-state index in [1.165, 1.54) is 5.56 Å². The maximum absolute atomic E-state index is 4.94. The molecule has 0 N–H and O–H groups in total. The van der Waals surface area contributed by atoms with Gasteiger partial charge in [0.15, 0.2) is 0 Å². The molecule has 2 aromatic heterocycles. The number of nitrogens with zero attached hydrogens (tertiary/aromatic N) is 3. The molecule has 0 saturated carbocycles. The summed E-state index contributed by atoms with van der Waals surface area (Å²) in [5.41, 5.74) is 8.61. The molecule has 4 aromatic carbocycles. The molecule has 0 fully saturated rings. The Labute approximate surface area is 198 Å². The third-order valence-electron chi connectivity index (χ3n) is 5.37. The van der Waals surface area contributed by atoms with Crippen LogP contribution >= 0.6 is 0 Å². The molecule has 0 saturated heterocycles. The first kappa shape index (κ1) is 19.2. The molecule has 30 heavy (non-hydrogen) atoms. The molecule has 0 aliphatic heterocycles. The van der Waals surface area contributed by atoms with Gasteiger partial charge in [-0.2, -0.15) is 36.4 Å². The Bertz CT molecular complexity index is 1520. The van der Waals surface area contributed by atoms with E-state index in [9.17, 15) is 0 Å². The zero-order valence-corrected chi connectivity index (χ0v) is 20.6. The Morgan fingerprint density at radius 1 is 0.767 bits per heavy atom. The average Bonchev–Trinajstić information content (AvgIpc) is 3.28. The van der Waals surface area contributed by atoms with Gasteiger partial charge in [0.1, 0.15) is 0 Å². The first-order valence-corrected chi connectivity index (χ1v) is 9.68. The van der Waals surface area contributed by atoms with Crippen LogP contribution < -0.4 is 0 Å². The van der Waals surface area contributed by atoms with E-state index in [0.29, 0.717) is 0 Å². The largest absolute Gasteiger partial charge is 2.00 e. The second-order valence-corrected chi connectivity index (χ2v) is 7.29. The van der Waals surface area contributed by atoms with Crippen molar-refractivity contribution in [1.29, 1.82) is 0 Å². The van der Waals surface area contributed by atoms with Crippen molar-refractivity contribution in [1.82, 2.24) is 14.0 Å². The van der Waals surface area contributed by atoms with Crippen LogP contribution in [0.15, 0.2) is 84.9 Å². The number of aryl methyl sites for hydroxylation is 1. The van der Waals surface area contributed by atoms with Crippen LogP contribution in [0.1, 0.15) is 5.56 Å². The maximum atomic E-state index is 4.94. The molecule has 2 heterocycles. The zero-order chi connectivity index (χ0) is 19.4. The summed E-state index contributed by atoms with van der Waals surface area (Å²) < 4.78 is 4.42. The van der Waals surface area contributed by atoms with Crippen molar-refractivity contribution >= 4 is 27.8 Å². The van der Waals surface area contributed by atoms with Gasteiger partial charge in [0.2, 0.25) is 5.78 Å². The van der Waals surface area contributed by atoms with Gasteiger partial charge in [0.25, 0.3) is 0 Å². The van der Waals surface area contributed by atoms with E-state index < -0.39 is 0 Å². The van der Waals surface area contributed by atoms with Crippen LogP contribution in [0, 0.1) is 50.2 Å². The second-order valence-electron chi connectivity index (χ2n) is 7.29. The smallest absolute Gasteiger partial charge is 0.297 e. The van der Waals surface area contributed by atoms with E-state index in [1.807, 2.05) is 12.1 Å². The normalized spacial score (nSPS) is 11.2. The van der Waals surface area contributed by atoms with Gasteiger partial charge < -0.3 is 0 Å². The summed E-state index contributed by atoms with van der Waals surface area (Å²) >= 11 is 0. The molecule has 6 aromatic rings. The predicted molar refractivity (Wildman–Crippen MR) is 117 cm³/mol. The van der Waals surface area contributed by atoms with Gasteiger partial charge in [0.05, 0.1) is 22.1 Å². The molecule has 0 atom stereocenters. The molecule has 0 aliphatic carbocycles. The number of hydrogen-bond donors (Lipinski definition) is 0. The topological polar surface area (TPSA) is 22.2 Å². The van der Waals surface area contributed by atoms with Gasteiger partial charge in [0, 0.05) is 0 Å². The van der Waals surface area contributed by atoms with Gasteiger partial charge in [-0.05, 0) is 30.0 Å². The molecule has 3 nitrogen and oxygen atoms in total. The van der Waals surface area contributed by atoms with Crippen molar-refractivity contribution < 1.29 is 31.1 Å². The minimum atomic E-state index is 0. The first-order chi connectivity index (χ1) is 14.3. The first-order valence-electron chi connectivity index (χ1n) is 9.68. The fourth-order valence-electron chi connectivity index (χ4n) is 4.07. The Kier molecular flexibility index (Phi) is 4.78. The summed E-state index contributed by atoms with van der Waals surface area (Å²) in [7, 11) is 0. The third kappa shape index (κ3) is 2.91. The fourth-order valence-corrected chi connectivity index (χ4v) is 4.07. The van der Waals surface area contributed by atoms with Crippen LogP contribution in [-0.4, -0.2) is 14.0 Å². The van der Waals surface area contributed by atoms with Crippen LogP contribution in [0.4, 0.5) is 0 Å². The van der Waals surface area contributed by atoms with E-state index in [-0.39, 0.29) is 31.1 Å². The summed E-state index contributed by atoms with van der Waals surface area (Å²) in [5.74, 6) is 0.897. The minimum Gasteiger partial charge on any atom is -0.297 e. The quantitative estimate of drug-likeness (QED) is 0.221. The van der Waals surface area contributed by atoms with Crippen molar-refractivity contribution in [2.45, 2.75) is 6.92 Å². The van der Waals surface area contributed by atoms with Crippen molar-refractivity contribution in [2.75, 3.05) is 0 Å². The van der Waals surface area contributed by atoms with Gasteiger partial charge in [-0.3, -0.25) is 8.97 Å². The van der Waals surface area contributed by atoms with Crippen LogP contribution in [0.5, 0.6) is 0 Å². The predicted octanol–water partition coefficient (Wildman–Crippen LogP) is 6.01. The van der Waals surface area contributed by atoms with Crippen LogP contribution in [-0.2, 0) is 0 Å². The fraction of sp³-hybridized carbons (Fsp3) is 0.0385. The molecule has 0 spiro atoms. The Balaban J connectivity index is 0.00000193. The van der Waals surface area contributed by atoms with Crippen molar-refractivity contribution in [3.63, 3.8) is 0 Å². The summed E-state index contributed by atoms with van der Waals surface area (Å²) in [5, 5.41) is 0. The minimum absolute atomic E-state index is 0. The van der Waals surface area contributed by atoms with Crippen molar-refractivity contribution in [2.24, 2.45) is 0 Å². The monoisotopic (exact) mass is 609 g/mol. The molecule has 140 valence electrons. The van der Waals surface area contributed by atoms with Crippen LogP contribution in [0.25, 0.3) is 44.7 Å². The summed E-state index contributed by atoms with van der Waals surface area (Å²) in [6.45, 7) is 2.10. The number of imidazole rings is 2. The molecule has 0 radical (unpaired) electrons. The number of fused-ring (bicyclic) bond motifs is 5. The number of rotatable bonds is 2. The van der Waals surface area contributed by atoms with Gasteiger partial charge >= 0.3 is 31.1 Å². The van der Waals surface area contributed by atoms with E-state index in [0.717, 1.165) is 44.7 Å². The summed E-state index contributed by atoms with van der Waals surface area (Å²) in [6.07, 6.45) is 0. The molecule has 0 bridgehead atoms. The molecule has 0 amide bonds. The van der Waals surface area contributed by atoms with E-state index in [1.54, 1.807) is 0 Å². The average molecular weight is 609 g/mol. The van der Waals surface area contributed by atoms with Crippen molar-refractivity contribution in [3.8, 4) is 16.8 Å². The maximum Gasteiger partial charge on any atom is 2.00 e. The van der Waals surface area contributed by atoms with Crippen molar-refractivity contribution in [3.05, 3.63) is 103 Å².